The van der Waals surface area contributed by atoms with Crippen molar-refractivity contribution in [2.45, 2.75) is 69.7 Å². The van der Waals surface area contributed by atoms with Crippen molar-refractivity contribution in [2.24, 2.45) is 0 Å². The lowest BCUT2D eigenvalue weighted by molar-refractivity contribution is -0.416. The molecule has 0 aromatic heterocycles. The Balaban J connectivity index is 3.53. The number of ether oxygens (including phenoxy) is 1. The third-order valence-corrected chi connectivity index (χ3v) is 5.03. The standard InChI is InChI=1S/C13H25NO6/c1-8(16)14-10(3)12(5,18)11(4,17)9(2,7-15)20-13(10,6)19/h15,17-19H,7H2,1-6H3,(H,14,16)/t9?,10-,11?,12?,13+/m0/s1. The molecule has 0 spiro atoms. The molecule has 20 heavy (non-hydrogen) atoms. The monoisotopic (exact) mass is 291 g/mol. The van der Waals surface area contributed by atoms with Crippen LogP contribution in [0, 0.1) is 0 Å². The van der Waals surface area contributed by atoms with E-state index in [1.54, 1.807) is 0 Å². The summed E-state index contributed by atoms with van der Waals surface area (Å²) < 4.78 is 5.46. The van der Waals surface area contributed by atoms with Crippen molar-refractivity contribution in [1.29, 1.82) is 0 Å². The van der Waals surface area contributed by atoms with Crippen molar-refractivity contribution < 1.29 is 30.0 Å². The molecule has 7 heteroatoms. The van der Waals surface area contributed by atoms with Gasteiger partial charge in [0.05, 0.1) is 6.61 Å². The van der Waals surface area contributed by atoms with Crippen LogP contribution >= 0.6 is 0 Å². The van der Waals surface area contributed by atoms with E-state index in [0.717, 1.165) is 0 Å². The number of nitrogens with one attached hydrogen (secondary N) is 1. The maximum atomic E-state index is 11.4. The van der Waals surface area contributed by atoms with Gasteiger partial charge in [0.1, 0.15) is 22.3 Å². The first-order chi connectivity index (χ1) is 8.68. The number of amides is 1. The molecule has 0 saturated carbocycles. The first-order valence-corrected chi connectivity index (χ1v) is 6.45. The predicted molar refractivity (Wildman–Crippen MR) is 70.7 cm³/mol. The molecule has 5 atom stereocenters. The van der Waals surface area contributed by atoms with Gasteiger partial charge in [-0.25, -0.2) is 0 Å². The van der Waals surface area contributed by atoms with E-state index >= 15 is 0 Å². The SMILES string of the molecule is CC(=O)N[C@@]1(C)C(C)(O)C(C)(O)C(C)(CO)O[C@@]1(C)O. The second kappa shape index (κ2) is 4.38. The lowest BCUT2D eigenvalue weighted by atomic mass is 9.59. The number of aliphatic hydroxyl groups is 4. The molecule has 1 rings (SSSR count). The molecule has 0 aromatic carbocycles. The molecule has 118 valence electrons. The van der Waals surface area contributed by atoms with E-state index in [2.05, 4.69) is 5.32 Å². The van der Waals surface area contributed by atoms with Gasteiger partial charge in [0.2, 0.25) is 5.91 Å². The molecule has 0 aliphatic carbocycles. The summed E-state index contributed by atoms with van der Waals surface area (Å²) in [6.45, 7) is 7.20. The van der Waals surface area contributed by atoms with E-state index < -0.39 is 40.6 Å². The van der Waals surface area contributed by atoms with Crippen molar-refractivity contribution in [3.63, 3.8) is 0 Å². The zero-order chi connectivity index (χ0) is 16.2. The topological polar surface area (TPSA) is 119 Å². The molecule has 0 radical (unpaired) electrons. The highest BCUT2D eigenvalue weighted by atomic mass is 16.7. The third kappa shape index (κ3) is 1.88. The third-order valence-electron chi connectivity index (χ3n) is 5.03. The Labute approximate surface area is 118 Å². The minimum Gasteiger partial charge on any atom is -0.393 e. The minimum atomic E-state index is -2.01. The summed E-state index contributed by atoms with van der Waals surface area (Å²) >= 11 is 0. The van der Waals surface area contributed by atoms with E-state index in [-0.39, 0.29) is 0 Å². The number of rotatable bonds is 2. The molecule has 0 bridgehead atoms. The predicted octanol–water partition coefficient (Wildman–Crippen LogP) is -1.13. The fourth-order valence-electron chi connectivity index (χ4n) is 2.87. The van der Waals surface area contributed by atoms with Crippen LogP contribution < -0.4 is 5.32 Å². The molecule has 1 saturated heterocycles. The van der Waals surface area contributed by atoms with Crippen molar-refractivity contribution in [2.75, 3.05) is 6.61 Å². The molecule has 1 aliphatic rings. The summed E-state index contributed by atoms with van der Waals surface area (Å²) in [5.41, 5.74) is -7.22. The molecule has 1 amide bonds. The van der Waals surface area contributed by atoms with Crippen molar-refractivity contribution in [3.8, 4) is 0 Å². The highest BCUT2D eigenvalue weighted by Gasteiger charge is 2.74. The molecule has 1 fully saturated rings. The Bertz CT molecular complexity index is 419. The molecule has 5 N–H and O–H groups in total. The van der Waals surface area contributed by atoms with Crippen LogP contribution in [0.4, 0.5) is 0 Å². The fraction of sp³-hybridized carbons (Fsp3) is 0.923. The van der Waals surface area contributed by atoms with Gasteiger partial charge in [-0.15, -0.1) is 0 Å². The van der Waals surface area contributed by atoms with Gasteiger partial charge in [0.25, 0.3) is 0 Å². The zero-order valence-electron chi connectivity index (χ0n) is 12.8. The van der Waals surface area contributed by atoms with Crippen LogP contribution in [0.15, 0.2) is 0 Å². The Morgan fingerprint density at radius 2 is 1.50 bits per heavy atom. The first-order valence-electron chi connectivity index (χ1n) is 6.45. The summed E-state index contributed by atoms with van der Waals surface area (Å²) in [6, 6.07) is 0. The van der Waals surface area contributed by atoms with Crippen LogP contribution in [0.1, 0.15) is 41.5 Å². The molecular formula is C13H25NO6. The Kier molecular flexibility index (Phi) is 3.79. The van der Waals surface area contributed by atoms with Crippen LogP contribution in [0.5, 0.6) is 0 Å². The number of carbonyl (C=O) groups is 1. The van der Waals surface area contributed by atoms with Gasteiger partial charge in [-0.1, -0.05) is 0 Å². The van der Waals surface area contributed by atoms with Crippen molar-refractivity contribution >= 4 is 5.91 Å². The van der Waals surface area contributed by atoms with Gasteiger partial charge < -0.3 is 30.5 Å². The van der Waals surface area contributed by atoms with Gasteiger partial charge in [0.15, 0.2) is 5.79 Å². The Morgan fingerprint density at radius 3 is 1.85 bits per heavy atom. The molecular weight excluding hydrogens is 266 g/mol. The Morgan fingerprint density at radius 1 is 1.05 bits per heavy atom. The van der Waals surface area contributed by atoms with Gasteiger partial charge in [-0.3, -0.25) is 4.79 Å². The van der Waals surface area contributed by atoms with Crippen LogP contribution in [-0.4, -0.2) is 61.1 Å². The zero-order valence-corrected chi connectivity index (χ0v) is 12.8. The second-order valence-electron chi connectivity index (χ2n) is 6.42. The van der Waals surface area contributed by atoms with Crippen molar-refractivity contribution in [1.82, 2.24) is 5.32 Å². The largest absolute Gasteiger partial charge is 0.393 e. The molecule has 0 aromatic rings. The molecule has 1 aliphatic heterocycles. The summed E-state index contributed by atoms with van der Waals surface area (Å²) in [5, 5.41) is 44.1. The van der Waals surface area contributed by atoms with Gasteiger partial charge in [-0.05, 0) is 34.6 Å². The van der Waals surface area contributed by atoms with E-state index in [9.17, 15) is 25.2 Å². The second-order valence-corrected chi connectivity index (χ2v) is 6.42. The highest BCUT2D eigenvalue weighted by molar-refractivity contribution is 5.74. The molecule has 3 unspecified atom stereocenters. The summed E-state index contributed by atoms with van der Waals surface area (Å²) in [5.74, 6) is -2.51. The number of aliphatic hydroxyl groups excluding tert-OH is 1. The summed E-state index contributed by atoms with van der Waals surface area (Å²) in [6.07, 6.45) is 0. The maximum absolute atomic E-state index is 11.4. The minimum absolute atomic E-state index is 0.500. The smallest absolute Gasteiger partial charge is 0.217 e. The molecule has 7 nitrogen and oxygen atoms in total. The van der Waals surface area contributed by atoms with Gasteiger partial charge >= 0.3 is 0 Å². The lowest BCUT2D eigenvalue weighted by Crippen LogP contribution is -2.88. The number of hydrogen-bond donors (Lipinski definition) is 5. The molecule has 1 heterocycles. The van der Waals surface area contributed by atoms with E-state index in [0.29, 0.717) is 0 Å². The summed E-state index contributed by atoms with van der Waals surface area (Å²) in [7, 11) is 0. The summed E-state index contributed by atoms with van der Waals surface area (Å²) in [4.78, 5) is 11.4. The van der Waals surface area contributed by atoms with Crippen LogP contribution in [0.25, 0.3) is 0 Å². The highest BCUT2D eigenvalue weighted by Crippen LogP contribution is 2.52. The van der Waals surface area contributed by atoms with Crippen LogP contribution in [0.3, 0.4) is 0 Å². The van der Waals surface area contributed by atoms with Crippen LogP contribution in [-0.2, 0) is 9.53 Å². The van der Waals surface area contributed by atoms with E-state index in [4.69, 9.17) is 4.74 Å². The van der Waals surface area contributed by atoms with E-state index in [1.165, 1.54) is 41.5 Å². The maximum Gasteiger partial charge on any atom is 0.217 e. The number of carbonyl (C=O) groups excluding carboxylic acids is 1. The van der Waals surface area contributed by atoms with E-state index in [1.807, 2.05) is 0 Å². The fourth-order valence-corrected chi connectivity index (χ4v) is 2.87. The van der Waals surface area contributed by atoms with Gasteiger partial charge in [0, 0.05) is 6.92 Å². The quantitative estimate of drug-likeness (QED) is 0.439. The Hall–Kier alpha value is -0.730. The first kappa shape index (κ1) is 17.3. The number of hydrogen-bond acceptors (Lipinski definition) is 6. The lowest BCUT2D eigenvalue weighted by Gasteiger charge is -2.65. The average Bonchev–Trinajstić information content (AvgIpc) is 2.24. The van der Waals surface area contributed by atoms with Crippen LogP contribution in [0.2, 0.25) is 0 Å². The normalized spacial score (nSPS) is 52.7. The van der Waals surface area contributed by atoms with Crippen molar-refractivity contribution in [3.05, 3.63) is 0 Å². The average molecular weight is 291 g/mol. The van der Waals surface area contributed by atoms with Gasteiger partial charge in [-0.2, -0.15) is 0 Å².